The first-order chi connectivity index (χ1) is 12.0. The largest absolute Gasteiger partial charge is 0.347 e. The molecule has 1 fully saturated rings. The zero-order valence-electron chi connectivity index (χ0n) is 15.1. The summed E-state index contributed by atoms with van der Waals surface area (Å²) < 4.78 is 0. The van der Waals surface area contributed by atoms with Gasteiger partial charge < -0.3 is 15.1 Å². The van der Waals surface area contributed by atoms with Gasteiger partial charge in [0.15, 0.2) is 0 Å². The Morgan fingerprint density at radius 2 is 1.76 bits per heavy atom. The summed E-state index contributed by atoms with van der Waals surface area (Å²) in [6, 6.07) is 8.04. The molecule has 0 saturated carbocycles. The van der Waals surface area contributed by atoms with Gasteiger partial charge in [0.1, 0.15) is 0 Å². The second-order valence-electron chi connectivity index (χ2n) is 6.60. The molecule has 1 N–H and O–H groups in total. The Labute approximate surface area is 149 Å². The quantitative estimate of drug-likeness (QED) is 0.805. The van der Waals surface area contributed by atoms with Gasteiger partial charge in [-0.15, -0.1) is 0 Å². The van der Waals surface area contributed by atoms with E-state index in [1.807, 2.05) is 31.2 Å². The third kappa shape index (κ3) is 6.21. The molecule has 1 aromatic rings. The number of aryl methyl sites for hydroxylation is 2. The van der Waals surface area contributed by atoms with Crippen LogP contribution in [0.4, 0.5) is 0 Å². The molecule has 0 spiro atoms. The van der Waals surface area contributed by atoms with Gasteiger partial charge >= 0.3 is 0 Å². The Bertz CT molecular complexity index is 607. The summed E-state index contributed by atoms with van der Waals surface area (Å²) in [6.45, 7) is 3.56. The fraction of sp³-hybridized carbons (Fsp3) is 0.526. The standard InChI is InChI=1S/C19H27N3O3/c1-15-5-7-16(8-6-15)9-10-17(23)20-13-18(24)21(2)14-19(25)22-11-3-4-12-22/h5-8H,3-4,9-14H2,1-2H3,(H,20,23). The molecule has 1 aliphatic heterocycles. The van der Waals surface area contributed by atoms with Gasteiger partial charge in [0, 0.05) is 26.6 Å². The van der Waals surface area contributed by atoms with Gasteiger partial charge in [-0.1, -0.05) is 29.8 Å². The SMILES string of the molecule is Cc1ccc(CCC(=O)NCC(=O)N(C)CC(=O)N2CCCC2)cc1. The highest BCUT2D eigenvalue weighted by Gasteiger charge is 2.21. The zero-order chi connectivity index (χ0) is 18.2. The van der Waals surface area contributed by atoms with Crippen molar-refractivity contribution in [3.63, 3.8) is 0 Å². The minimum atomic E-state index is -0.253. The summed E-state index contributed by atoms with van der Waals surface area (Å²) in [5.41, 5.74) is 2.28. The van der Waals surface area contributed by atoms with Crippen molar-refractivity contribution in [3.8, 4) is 0 Å². The number of hydrogen-bond acceptors (Lipinski definition) is 3. The third-order valence-electron chi connectivity index (χ3n) is 4.46. The van der Waals surface area contributed by atoms with Crippen LogP contribution in [0.5, 0.6) is 0 Å². The average molecular weight is 345 g/mol. The number of likely N-dealkylation sites (N-methyl/N-ethyl adjacent to an activating group) is 1. The van der Waals surface area contributed by atoms with Crippen molar-refractivity contribution in [1.29, 1.82) is 0 Å². The van der Waals surface area contributed by atoms with Gasteiger partial charge in [-0.2, -0.15) is 0 Å². The molecule has 0 aromatic heterocycles. The fourth-order valence-corrected chi connectivity index (χ4v) is 2.77. The predicted octanol–water partition coefficient (Wildman–Crippen LogP) is 1.12. The molecule has 0 atom stereocenters. The molecule has 1 aliphatic rings. The molecular formula is C19H27N3O3. The highest BCUT2D eigenvalue weighted by molar-refractivity contribution is 5.88. The Morgan fingerprint density at radius 3 is 2.40 bits per heavy atom. The van der Waals surface area contributed by atoms with Crippen LogP contribution in [0.1, 0.15) is 30.4 Å². The molecule has 2 rings (SSSR count). The molecule has 6 heteroatoms. The maximum absolute atomic E-state index is 12.1. The molecular weight excluding hydrogens is 318 g/mol. The van der Waals surface area contributed by atoms with E-state index in [0.29, 0.717) is 12.8 Å². The minimum absolute atomic E-state index is 0.0287. The smallest absolute Gasteiger partial charge is 0.242 e. The van der Waals surface area contributed by atoms with Crippen LogP contribution in [0.2, 0.25) is 0 Å². The molecule has 25 heavy (non-hydrogen) atoms. The predicted molar refractivity (Wildman–Crippen MR) is 96.0 cm³/mol. The number of carbonyl (C=O) groups excluding carboxylic acids is 3. The van der Waals surface area contributed by atoms with E-state index in [2.05, 4.69) is 5.32 Å². The van der Waals surface area contributed by atoms with Crippen molar-refractivity contribution >= 4 is 17.7 Å². The summed E-state index contributed by atoms with van der Waals surface area (Å²) >= 11 is 0. The van der Waals surface area contributed by atoms with Crippen molar-refractivity contribution in [2.24, 2.45) is 0 Å². The normalized spacial score (nSPS) is 13.6. The van der Waals surface area contributed by atoms with Crippen LogP contribution >= 0.6 is 0 Å². The van der Waals surface area contributed by atoms with E-state index in [4.69, 9.17) is 0 Å². The fourth-order valence-electron chi connectivity index (χ4n) is 2.77. The monoisotopic (exact) mass is 345 g/mol. The molecule has 3 amide bonds. The van der Waals surface area contributed by atoms with Gasteiger partial charge in [-0.25, -0.2) is 0 Å². The molecule has 0 bridgehead atoms. The summed E-state index contributed by atoms with van der Waals surface area (Å²) in [5.74, 6) is -0.441. The second kappa shape index (κ2) is 9.20. The van der Waals surface area contributed by atoms with Gasteiger partial charge in [0.2, 0.25) is 17.7 Å². The van der Waals surface area contributed by atoms with Crippen molar-refractivity contribution in [2.75, 3.05) is 33.2 Å². The van der Waals surface area contributed by atoms with Crippen molar-refractivity contribution < 1.29 is 14.4 Å². The van der Waals surface area contributed by atoms with E-state index in [1.165, 1.54) is 10.5 Å². The first-order valence-electron chi connectivity index (χ1n) is 8.79. The van der Waals surface area contributed by atoms with Crippen molar-refractivity contribution in [1.82, 2.24) is 15.1 Å². The van der Waals surface area contributed by atoms with E-state index >= 15 is 0 Å². The van der Waals surface area contributed by atoms with Crippen LogP contribution in [0.25, 0.3) is 0 Å². The van der Waals surface area contributed by atoms with Crippen LogP contribution in [0.3, 0.4) is 0 Å². The number of nitrogens with one attached hydrogen (secondary N) is 1. The number of likely N-dealkylation sites (tertiary alicyclic amines) is 1. The Kier molecular flexibility index (Phi) is 6.98. The van der Waals surface area contributed by atoms with Gasteiger partial charge in [-0.3, -0.25) is 14.4 Å². The first kappa shape index (κ1) is 19.0. The van der Waals surface area contributed by atoms with Crippen LogP contribution in [-0.4, -0.2) is 60.7 Å². The highest BCUT2D eigenvalue weighted by Crippen LogP contribution is 2.08. The van der Waals surface area contributed by atoms with E-state index < -0.39 is 0 Å². The lowest BCUT2D eigenvalue weighted by Crippen LogP contribution is -2.43. The number of hydrogen-bond donors (Lipinski definition) is 1. The lowest BCUT2D eigenvalue weighted by molar-refractivity contribution is -0.138. The summed E-state index contributed by atoms with van der Waals surface area (Å²) in [7, 11) is 1.59. The average Bonchev–Trinajstić information content (AvgIpc) is 3.13. The van der Waals surface area contributed by atoms with Crippen molar-refractivity contribution in [3.05, 3.63) is 35.4 Å². The third-order valence-corrected chi connectivity index (χ3v) is 4.46. The topological polar surface area (TPSA) is 69.7 Å². The molecule has 0 unspecified atom stereocenters. The lowest BCUT2D eigenvalue weighted by atomic mass is 10.1. The van der Waals surface area contributed by atoms with Crippen LogP contribution < -0.4 is 5.32 Å². The number of carbonyl (C=O) groups is 3. The molecule has 1 aromatic carbocycles. The maximum atomic E-state index is 12.1. The van der Waals surface area contributed by atoms with Crippen LogP contribution in [0.15, 0.2) is 24.3 Å². The number of amides is 3. The number of nitrogens with zero attached hydrogens (tertiary/aromatic N) is 2. The Balaban J connectivity index is 1.66. The van der Waals surface area contributed by atoms with E-state index in [-0.39, 0.29) is 30.8 Å². The molecule has 1 saturated heterocycles. The summed E-state index contributed by atoms with van der Waals surface area (Å²) in [6.07, 6.45) is 3.04. The van der Waals surface area contributed by atoms with E-state index in [9.17, 15) is 14.4 Å². The lowest BCUT2D eigenvalue weighted by Gasteiger charge is -2.21. The van der Waals surface area contributed by atoms with Crippen LogP contribution in [-0.2, 0) is 20.8 Å². The molecule has 0 radical (unpaired) electrons. The minimum Gasteiger partial charge on any atom is -0.347 e. The maximum Gasteiger partial charge on any atom is 0.242 e. The summed E-state index contributed by atoms with van der Waals surface area (Å²) in [4.78, 5) is 39.1. The van der Waals surface area contributed by atoms with Gasteiger partial charge in [-0.05, 0) is 31.7 Å². The molecule has 6 nitrogen and oxygen atoms in total. The van der Waals surface area contributed by atoms with E-state index in [0.717, 1.165) is 31.5 Å². The van der Waals surface area contributed by atoms with Crippen molar-refractivity contribution in [2.45, 2.75) is 32.6 Å². The van der Waals surface area contributed by atoms with Gasteiger partial charge in [0.05, 0.1) is 13.1 Å². The van der Waals surface area contributed by atoms with Gasteiger partial charge in [0.25, 0.3) is 0 Å². The molecule has 1 heterocycles. The Hall–Kier alpha value is -2.37. The first-order valence-corrected chi connectivity index (χ1v) is 8.79. The number of benzene rings is 1. The van der Waals surface area contributed by atoms with Crippen LogP contribution in [0, 0.1) is 6.92 Å². The number of rotatable bonds is 7. The Morgan fingerprint density at radius 1 is 1.12 bits per heavy atom. The highest BCUT2D eigenvalue weighted by atomic mass is 16.2. The summed E-state index contributed by atoms with van der Waals surface area (Å²) in [5, 5.41) is 2.63. The second-order valence-corrected chi connectivity index (χ2v) is 6.60. The molecule has 0 aliphatic carbocycles. The zero-order valence-corrected chi connectivity index (χ0v) is 15.1. The molecule has 136 valence electrons. The van der Waals surface area contributed by atoms with E-state index in [1.54, 1.807) is 11.9 Å².